The summed E-state index contributed by atoms with van der Waals surface area (Å²) in [6.45, 7) is 5.99. The van der Waals surface area contributed by atoms with E-state index in [9.17, 15) is 4.39 Å². The maximum atomic E-state index is 13.7. The Kier molecular flexibility index (Phi) is 3.12. The molecule has 3 aromatic rings. The number of rotatable bonds is 2. The van der Waals surface area contributed by atoms with Gasteiger partial charge in [-0.2, -0.15) is 0 Å². The third-order valence-corrected chi connectivity index (χ3v) is 3.60. The highest BCUT2D eigenvalue weighted by atomic mass is 19.1. The Bertz CT molecular complexity index is 813. The lowest BCUT2D eigenvalue weighted by atomic mass is 10.1. The molecule has 0 saturated heterocycles. The van der Waals surface area contributed by atoms with Crippen LogP contribution in [0.25, 0.3) is 11.2 Å². The van der Waals surface area contributed by atoms with Crippen molar-refractivity contribution in [3.8, 4) is 0 Å². The van der Waals surface area contributed by atoms with Crippen molar-refractivity contribution in [3.05, 3.63) is 52.5 Å². The number of nitrogens with two attached hydrogens (primary N) is 1. The first kappa shape index (κ1) is 13.5. The first-order chi connectivity index (χ1) is 9.95. The summed E-state index contributed by atoms with van der Waals surface area (Å²) < 4.78 is 15.6. The molecule has 0 saturated carbocycles. The molecular weight excluding hydrogens is 267 g/mol. The van der Waals surface area contributed by atoms with Crippen LogP contribution >= 0.6 is 0 Å². The fourth-order valence-electron chi connectivity index (χ4n) is 2.58. The second-order valence-corrected chi connectivity index (χ2v) is 5.40. The molecule has 21 heavy (non-hydrogen) atoms. The molecule has 0 bridgehead atoms. The molecule has 0 radical (unpaired) electrons. The van der Waals surface area contributed by atoms with Gasteiger partial charge in [-0.15, -0.1) is 0 Å². The Morgan fingerprint density at radius 1 is 1.10 bits per heavy atom. The van der Waals surface area contributed by atoms with E-state index in [0.717, 1.165) is 22.4 Å². The number of nitrogen functional groups attached to an aromatic ring is 1. The van der Waals surface area contributed by atoms with Gasteiger partial charge in [0.2, 0.25) is 5.95 Å². The molecule has 2 N–H and O–H groups in total. The van der Waals surface area contributed by atoms with Crippen molar-refractivity contribution < 1.29 is 4.39 Å². The number of aromatic nitrogens is 3. The number of nitrogens with zero attached hydrogens (tertiary/aromatic N) is 3. The zero-order valence-electron chi connectivity index (χ0n) is 12.3. The van der Waals surface area contributed by atoms with Crippen molar-refractivity contribution in [3.63, 3.8) is 0 Å². The van der Waals surface area contributed by atoms with E-state index in [0.29, 0.717) is 23.6 Å². The standard InChI is InChI=1S/C16H17FN4/c1-9-6-12(7-10(2)14(9)17)8-21-15-13(20-16(21)18)5-4-11(3)19-15/h4-7H,8H2,1-3H3,(H2,18,20). The molecule has 0 unspecified atom stereocenters. The summed E-state index contributed by atoms with van der Waals surface area (Å²) in [5, 5.41) is 0. The van der Waals surface area contributed by atoms with Crippen LogP contribution < -0.4 is 5.73 Å². The van der Waals surface area contributed by atoms with E-state index in [-0.39, 0.29) is 5.82 Å². The molecule has 2 aromatic heterocycles. The summed E-state index contributed by atoms with van der Waals surface area (Å²) in [6, 6.07) is 7.49. The summed E-state index contributed by atoms with van der Waals surface area (Å²) in [5.74, 6) is 0.263. The minimum atomic E-state index is -0.156. The molecule has 0 fully saturated rings. The molecule has 108 valence electrons. The lowest BCUT2D eigenvalue weighted by Gasteiger charge is -2.09. The predicted molar refractivity (Wildman–Crippen MR) is 81.7 cm³/mol. The van der Waals surface area contributed by atoms with Gasteiger partial charge in [-0.1, -0.05) is 12.1 Å². The minimum Gasteiger partial charge on any atom is -0.369 e. The third kappa shape index (κ3) is 2.35. The number of anilines is 1. The maximum Gasteiger partial charge on any atom is 0.202 e. The SMILES string of the molecule is Cc1ccc2nc(N)n(Cc3cc(C)c(F)c(C)c3)c2n1. The average molecular weight is 284 g/mol. The van der Waals surface area contributed by atoms with E-state index >= 15 is 0 Å². The van der Waals surface area contributed by atoms with Gasteiger partial charge in [0.1, 0.15) is 11.3 Å². The molecule has 0 atom stereocenters. The van der Waals surface area contributed by atoms with Crippen molar-refractivity contribution in [2.75, 3.05) is 5.73 Å². The van der Waals surface area contributed by atoms with E-state index in [1.807, 2.05) is 35.8 Å². The summed E-state index contributed by atoms with van der Waals surface area (Å²) in [5.41, 5.74) is 10.7. The Hall–Kier alpha value is -2.43. The van der Waals surface area contributed by atoms with Crippen LogP contribution in [0.5, 0.6) is 0 Å². The molecule has 0 spiro atoms. The molecule has 2 heterocycles. The van der Waals surface area contributed by atoms with Gasteiger partial charge in [-0.05, 0) is 49.6 Å². The van der Waals surface area contributed by atoms with Crippen molar-refractivity contribution >= 4 is 17.1 Å². The Balaban J connectivity index is 2.09. The minimum absolute atomic E-state index is 0.156. The number of hydrogen-bond acceptors (Lipinski definition) is 3. The van der Waals surface area contributed by atoms with Crippen molar-refractivity contribution in [2.24, 2.45) is 0 Å². The molecule has 4 nitrogen and oxygen atoms in total. The zero-order chi connectivity index (χ0) is 15.1. The van der Waals surface area contributed by atoms with Crippen LogP contribution in [-0.4, -0.2) is 14.5 Å². The van der Waals surface area contributed by atoms with E-state index in [1.54, 1.807) is 13.8 Å². The summed E-state index contributed by atoms with van der Waals surface area (Å²) in [4.78, 5) is 8.82. The van der Waals surface area contributed by atoms with Crippen LogP contribution in [0.1, 0.15) is 22.4 Å². The maximum absolute atomic E-state index is 13.7. The van der Waals surface area contributed by atoms with E-state index in [2.05, 4.69) is 9.97 Å². The summed E-state index contributed by atoms with van der Waals surface area (Å²) >= 11 is 0. The van der Waals surface area contributed by atoms with Gasteiger partial charge in [0.25, 0.3) is 0 Å². The first-order valence-electron chi connectivity index (χ1n) is 6.80. The fraction of sp³-hybridized carbons (Fsp3) is 0.250. The molecule has 0 aliphatic rings. The van der Waals surface area contributed by atoms with Crippen LogP contribution in [0, 0.1) is 26.6 Å². The third-order valence-electron chi connectivity index (χ3n) is 3.60. The lowest BCUT2D eigenvalue weighted by Crippen LogP contribution is -2.06. The largest absolute Gasteiger partial charge is 0.369 e. The van der Waals surface area contributed by atoms with Gasteiger partial charge in [-0.3, -0.25) is 4.57 Å². The molecular formula is C16H17FN4. The van der Waals surface area contributed by atoms with E-state index < -0.39 is 0 Å². The number of benzene rings is 1. The Morgan fingerprint density at radius 2 is 1.76 bits per heavy atom. The second kappa shape index (κ2) is 4.84. The highest BCUT2D eigenvalue weighted by Crippen LogP contribution is 2.20. The van der Waals surface area contributed by atoms with E-state index in [4.69, 9.17) is 5.73 Å². The highest BCUT2D eigenvalue weighted by Gasteiger charge is 2.11. The number of aryl methyl sites for hydroxylation is 3. The molecule has 1 aromatic carbocycles. The molecule has 3 rings (SSSR count). The number of fused-ring (bicyclic) bond motifs is 1. The number of pyridine rings is 1. The monoisotopic (exact) mass is 284 g/mol. The molecule has 0 aliphatic heterocycles. The zero-order valence-corrected chi connectivity index (χ0v) is 12.3. The van der Waals surface area contributed by atoms with Crippen molar-refractivity contribution in [2.45, 2.75) is 27.3 Å². The molecule has 0 amide bonds. The predicted octanol–water partition coefficient (Wildman–Crippen LogP) is 3.13. The van der Waals surface area contributed by atoms with Crippen LogP contribution in [0.4, 0.5) is 10.3 Å². The summed E-state index contributed by atoms with van der Waals surface area (Å²) in [6.07, 6.45) is 0. The highest BCUT2D eigenvalue weighted by molar-refractivity contribution is 5.74. The number of imidazole rings is 1. The van der Waals surface area contributed by atoms with Crippen molar-refractivity contribution in [1.82, 2.24) is 14.5 Å². The molecule has 5 heteroatoms. The first-order valence-corrected chi connectivity index (χ1v) is 6.80. The van der Waals surface area contributed by atoms with Gasteiger partial charge in [0, 0.05) is 5.69 Å². The van der Waals surface area contributed by atoms with Crippen LogP contribution in [-0.2, 0) is 6.54 Å². The van der Waals surface area contributed by atoms with Gasteiger partial charge in [0.05, 0.1) is 6.54 Å². The Morgan fingerprint density at radius 3 is 2.43 bits per heavy atom. The topological polar surface area (TPSA) is 56.7 Å². The number of hydrogen-bond donors (Lipinski definition) is 1. The lowest BCUT2D eigenvalue weighted by molar-refractivity contribution is 0.607. The van der Waals surface area contributed by atoms with E-state index in [1.165, 1.54) is 0 Å². The smallest absolute Gasteiger partial charge is 0.202 e. The van der Waals surface area contributed by atoms with Gasteiger partial charge >= 0.3 is 0 Å². The Labute approximate surface area is 122 Å². The normalized spacial score (nSPS) is 11.2. The van der Waals surface area contributed by atoms with Crippen LogP contribution in [0.3, 0.4) is 0 Å². The fourth-order valence-corrected chi connectivity index (χ4v) is 2.58. The van der Waals surface area contributed by atoms with Gasteiger partial charge in [-0.25, -0.2) is 14.4 Å². The second-order valence-electron chi connectivity index (χ2n) is 5.40. The molecule has 0 aliphatic carbocycles. The average Bonchev–Trinajstić information content (AvgIpc) is 2.72. The van der Waals surface area contributed by atoms with Crippen LogP contribution in [0.2, 0.25) is 0 Å². The quantitative estimate of drug-likeness (QED) is 0.786. The van der Waals surface area contributed by atoms with Gasteiger partial charge < -0.3 is 5.73 Å². The number of halogens is 1. The van der Waals surface area contributed by atoms with Gasteiger partial charge in [0.15, 0.2) is 5.65 Å². The summed E-state index contributed by atoms with van der Waals surface area (Å²) in [7, 11) is 0. The van der Waals surface area contributed by atoms with Crippen LogP contribution in [0.15, 0.2) is 24.3 Å². The van der Waals surface area contributed by atoms with Crippen molar-refractivity contribution in [1.29, 1.82) is 0 Å².